The van der Waals surface area contributed by atoms with E-state index in [1.54, 1.807) is 6.07 Å². The lowest BCUT2D eigenvalue weighted by Gasteiger charge is -2.22. The lowest BCUT2D eigenvalue weighted by molar-refractivity contribution is -0.120. The van der Waals surface area contributed by atoms with E-state index >= 15 is 0 Å². The first-order valence-corrected chi connectivity index (χ1v) is 7.76. The third kappa shape index (κ3) is 3.94. The number of rotatable bonds is 5. The number of benzene rings is 1. The summed E-state index contributed by atoms with van der Waals surface area (Å²) in [5.41, 5.74) is 0.624. The van der Waals surface area contributed by atoms with Gasteiger partial charge in [-0.25, -0.2) is 4.79 Å². The second-order valence-corrected chi connectivity index (χ2v) is 5.57. The van der Waals surface area contributed by atoms with Crippen LogP contribution in [0.5, 0.6) is 11.5 Å². The maximum atomic E-state index is 12.4. The number of nitrogens with one attached hydrogen (secondary N) is 1. The number of anilines is 1. The Morgan fingerprint density at radius 3 is 2.17 bits per heavy atom. The summed E-state index contributed by atoms with van der Waals surface area (Å²) in [5, 5.41) is 2.85. The first-order chi connectivity index (χ1) is 11.1. The van der Waals surface area contributed by atoms with Crippen molar-refractivity contribution in [3.05, 3.63) is 17.7 Å². The molecule has 1 aliphatic rings. The summed E-state index contributed by atoms with van der Waals surface area (Å²) in [4.78, 5) is 24.4. The van der Waals surface area contributed by atoms with Crippen LogP contribution in [-0.2, 0) is 9.53 Å². The van der Waals surface area contributed by atoms with Crippen molar-refractivity contribution >= 4 is 17.6 Å². The Balaban J connectivity index is 2.30. The average Bonchev–Trinajstić information content (AvgIpc) is 2.61. The number of esters is 1. The Labute approximate surface area is 136 Å². The van der Waals surface area contributed by atoms with Gasteiger partial charge in [0.05, 0.1) is 32.6 Å². The predicted molar refractivity (Wildman–Crippen MR) is 86.1 cm³/mol. The largest absolute Gasteiger partial charge is 0.493 e. The standard InChI is InChI=1S/C17H23NO5/c1-21-14-9-12(17(20)23-3)13(10-15(14)22-2)18-16(19)11-7-5-4-6-8-11/h9-11H,4-8H2,1-3H3,(H,18,19). The Hall–Kier alpha value is -2.24. The highest BCUT2D eigenvalue weighted by molar-refractivity contribution is 6.02. The van der Waals surface area contributed by atoms with Gasteiger partial charge < -0.3 is 19.5 Å². The summed E-state index contributed by atoms with van der Waals surface area (Å²) in [5.74, 6) is 0.233. The second-order valence-electron chi connectivity index (χ2n) is 5.57. The van der Waals surface area contributed by atoms with Crippen LogP contribution in [0.1, 0.15) is 42.5 Å². The first kappa shape index (κ1) is 17.1. The molecule has 1 aliphatic carbocycles. The molecule has 1 aromatic carbocycles. The highest BCUT2D eigenvalue weighted by Crippen LogP contribution is 2.34. The van der Waals surface area contributed by atoms with Gasteiger partial charge in [-0.05, 0) is 12.8 Å². The van der Waals surface area contributed by atoms with Crippen LogP contribution in [0.15, 0.2) is 12.1 Å². The van der Waals surface area contributed by atoms with Gasteiger partial charge >= 0.3 is 5.97 Å². The minimum Gasteiger partial charge on any atom is -0.493 e. The van der Waals surface area contributed by atoms with Gasteiger partial charge in [0.2, 0.25) is 5.91 Å². The number of hydrogen-bond acceptors (Lipinski definition) is 5. The van der Waals surface area contributed by atoms with Crippen LogP contribution in [-0.4, -0.2) is 33.2 Å². The number of carbonyl (C=O) groups is 2. The number of carbonyl (C=O) groups excluding carboxylic acids is 2. The zero-order valence-corrected chi connectivity index (χ0v) is 13.8. The molecule has 0 atom stereocenters. The minimum atomic E-state index is -0.537. The Morgan fingerprint density at radius 1 is 1.00 bits per heavy atom. The fourth-order valence-corrected chi connectivity index (χ4v) is 2.86. The normalized spacial score (nSPS) is 14.9. The van der Waals surface area contributed by atoms with Crippen LogP contribution < -0.4 is 14.8 Å². The number of amides is 1. The summed E-state index contributed by atoms with van der Waals surface area (Å²) < 4.78 is 15.2. The van der Waals surface area contributed by atoms with Crippen molar-refractivity contribution in [2.45, 2.75) is 32.1 Å². The second kappa shape index (κ2) is 7.85. The highest BCUT2D eigenvalue weighted by atomic mass is 16.5. The van der Waals surface area contributed by atoms with Crippen molar-refractivity contribution < 1.29 is 23.8 Å². The van der Waals surface area contributed by atoms with E-state index in [0.29, 0.717) is 17.2 Å². The highest BCUT2D eigenvalue weighted by Gasteiger charge is 2.24. The van der Waals surface area contributed by atoms with Crippen LogP contribution in [0.3, 0.4) is 0 Å². The topological polar surface area (TPSA) is 73.9 Å². The van der Waals surface area contributed by atoms with Crippen molar-refractivity contribution in [1.82, 2.24) is 0 Å². The molecular formula is C17H23NO5. The van der Waals surface area contributed by atoms with Gasteiger partial charge in [-0.15, -0.1) is 0 Å². The summed E-state index contributed by atoms with van der Waals surface area (Å²) in [6.07, 6.45) is 5.06. The predicted octanol–water partition coefficient (Wildman–Crippen LogP) is 3.01. The Bertz CT molecular complexity index is 579. The van der Waals surface area contributed by atoms with Gasteiger partial charge in [-0.3, -0.25) is 4.79 Å². The van der Waals surface area contributed by atoms with Gasteiger partial charge in [-0.1, -0.05) is 19.3 Å². The SMILES string of the molecule is COC(=O)c1cc(OC)c(OC)cc1NC(=O)C1CCCCC1. The molecule has 0 bridgehead atoms. The first-order valence-electron chi connectivity index (χ1n) is 7.76. The summed E-state index contributed by atoms with van der Waals surface area (Å²) in [6, 6.07) is 3.10. The van der Waals surface area contributed by atoms with Crippen molar-refractivity contribution in [1.29, 1.82) is 0 Å². The summed E-state index contributed by atoms with van der Waals surface area (Å²) in [7, 11) is 4.29. The van der Waals surface area contributed by atoms with Gasteiger partial charge in [0.15, 0.2) is 11.5 Å². The van der Waals surface area contributed by atoms with E-state index in [0.717, 1.165) is 25.7 Å². The fourth-order valence-electron chi connectivity index (χ4n) is 2.86. The molecular weight excluding hydrogens is 298 g/mol. The van der Waals surface area contributed by atoms with E-state index in [4.69, 9.17) is 14.2 Å². The molecule has 1 N–H and O–H groups in total. The Kier molecular flexibility index (Phi) is 5.84. The van der Waals surface area contributed by atoms with Gasteiger partial charge in [0.1, 0.15) is 0 Å². The molecule has 6 heteroatoms. The van der Waals surface area contributed by atoms with Crippen LogP contribution in [0.4, 0.5) is 5.69 Å². The molecule has 1 amide bonds. The molecule has 0 aromatic heterocycles. The maximum absolute atomic E-state index is 12.4. The molecule has 0 radical (unpaired) electrons. The van der Waals surface area contributed by atoms with Crippen LogP contribution in [0.2, 0.25) is 0 Å². The zero-order chi connectivity index (χ0) is 16.8. The van der Waals surface area contributed by atoms with E-state index in [-0.39, 0.29) is 17.4 Å². The lowest BCUT2D eigenvalue weighted by atomic mass is 9.88. The van der Waals surface area contributed by atoms with E-state index in [2.05, 4.69) is 5.32 Å². The summed E-state index contributed by atoms with van der Waals surface area (Å²) in [6.45, 7) is 0. The molecule has 0 spiro atoms. The van der Waals surface area contributed by atoms with E-state index < -0.39 is 5.97 Å². The molecule has 6 nitrogen and oxygen atoms in total. The molecule has 126 valence electrons. The van der Waals surface area contributed by atoms with Crippen LogP contribution >= 0.6 is 0 Å². The minimum absolute atomic E-state index is 0.0117. The van der Waals surface area contributed by atoms with Crippen molar-refractivity contribution in [2.75, 3.05) is 26.6 Å². The molecule has 23 heavy (non-hydrogen) atoms. The number of ether oxygens (including phenoxy) is 3. The quantitative estimate of drug-likeness (QED) is 0.844. The van der Waals surface area contributed by atoms with Crippen molar-refractivity contribution in [3.8, 4) is 11.5 Å². The molecule has 0 saturated heterocycles. The summed E-state index contributed by atoms with van der Waals surface area (Å²) >= 11 is 0. The molecule has 2 rings (SSSR count). The van der Waals surface area contributed by atoms with Crippen molar-refractivity contribution in [3.63, 3.8) is 0 Å². The van der Waals surface area contributed by atoms with Gasteiger partial charge in [0, 0.05) is 18.1 Å². The third-order valence-electron chi connectivity index (χ3n) is 4.16. The molecule has 1 fully saturated rings. The van der Waals surface area contributed by atoms with Gasteiger partial charge in [-0.2, -0.15) is 0 Å². The zero-order valence-electron chi connectivity index (χ0n) is 13.8. The molecule has 0 unspecified atom stereocenters. The third-order valence-corrected chi connectivity index (χ3v) is 4.16. The van der Waals surface area contributed by atoms with E-state index in [1.807, 2.05) is 0 Å². The smallest absolute Gasteiger partial charge is 0.340 e. The van der Waals surface area contributed by atoms with Crippen LogP contribution in [0, 0.1) is 5.92 Å². The number of methoxy groups -OCH3 is 3. The maximum Gasteiger partial charge on any atom is 0.340 e. The monoisotopic (exact) mass is 321 g/mol. The molecule has 0 aliphatic heterocycles. The lowest BCUT2D eigenvalue weighted by Crippen LogP contribution is -2.25. The molecule has 0 heterocycles. The van der Waals surface area contributed by atoms with Gasteiger partial charge in [0.25, 0.3) is 0 Å². The van der Waals surface area contributed by atoms with Crippen LogP contribution in [0.25, 0.3) is 0 Å². The van der Waals surface area contributed by atoms with Crippen molar-refractivity contribution in [2.24, 2.45) is 5.92 Å². The fraction of sp³-hybridized carbons (Fsp3) is 0.529. The Morgan fingerprint density at radius 2 is 1.61 bits per heavy atom. The number of hydrogen-bond donors (Lipinski definition) is 1. The molecule has 1 saturated carbocycles. The van der Waals surface area contributed by atoms with E-state index in [1.165, 1.54) is 33.8 Å². The average molecular weight is 321 g/mol. The molecule has 1 aromatic rings. The van der Waals surface area contributed by atoms with E-state index in [9.17, 15) is 9.59 Å².